The lowest BCUT2D eigenvalue weighted by Gasteiger charge is -2.30. The number of amides is 2. The van der Waals surface area contributed by atoms with Crippen LogP contribution in [0.25, 0.3) is 0 Å². The molecule has 1 saturated carbocycles. The van der Waals surface area contributed by atoms with Crippen LogP contribution in [0.3, 0.4) is 0 Å². The lowest BCUT2D eigenvalue weighted by Crippen LogP contribution is -2.45. The first-order valence-corrected chi connectivity index (χ1v) is 7.59. The predicted octanol–water partition coefficient (Wildman–Crippen LogP) is 2.43. The molecule has 0 aromatic heterocycles. The van der Waals surface area contributed by atoms with E-state index in [-0.39, 0.29) is 30.4 Å². The summed E-state index contributed by atoms with van der Waals surface area (Å²) in [5, 5.41) is 0. The van der Waals surface area contributed by atoms with Gasteiger partial charge < -0.3 is 9.80 Å². The van der Waals surface area contributed by atoms with Crippen LogP contribution in [0, 0.1) is 0 Å². The lowest BCUT2D eigenvalue weighted by molar-refractivity contribution is -0.141. The molecular formula is C17H24N2O2. The topological polar surface area (TPSA) is 40.6 Å². The van der Waals surface area contributed by atoms with E-state index in [0.29, 0.717) is 6.54 Å². The Kier molecular flexibility index (Phi) is 4.99. The van der Waals surface area contributed by atoms with Crippen LogP contribution in [-0.2, 0) is 16.1 Å². The highest BCUT2D eigenvalue weighted by Crippen LogP contribution is 2.27. The van der Waals surface area contributed by atoms with E-state index in [1.165, 1.54) is 0 Å². The van der Waals surface area contributed by atoms with Crippen LogP contribution in [0.5, 0.6) is 0 Å². The van der Waals surface area contributed by atoms with Gasteiger partial charge in [-0.3, -0.25) is 9.59 Å². The lowest BCUT2D eigenvalue weighted by atomic mass is 10.2. The van der Waals surface area contributed by atoms with Crippen molar-refractivity contribution in [2.75, 3.05) is 6.54 Å². The highest BCUT2D eigenvalue weighted by atomic mass is 16.2. The molecule has 21 heavy (non-hydrogen) atoms. The fourth-order valence-corrected chi connectivity index (χ4v) is 2.46. The van der Waals surface area contributed by atoms with Gasteiger partial charge in [-0.15, -0.1) is 0 Å². The maximum absolute atomic E-state index is 12.6. The van der Waals surface area contributed by atoms with Crippen molar-refractivity contribution in [1.29, 1.82) is 0 Å². The molecule has 0 unspecified atom stereocenters. The Balaban J connectivity index is 2.03. The van der Waals surface area contributed by atoms with Crippen molar-refractivity contribution in [3.63, 3.8) is 0 Å². The number of hydrogen-bond acceptors (Lipinski definition) is 2. The van der Waals surface area contributed by atoms with Crippen LogP contribution in [0.4, 0.5) is 0 Å². The third kappa shape index (κ3) is 4.31. The van der Waals surface area contributed by atoms with E-state index >= 15 is 0 Å². The van der Waals surface area contributed by atoms with Crippen molar-refractivity contribution in [2.24, 2.45) is 0 Å². The zero-order valence-corrected chi connectivity index (χ0v) is 13.1. The van der Waals surface area contributed by atoms with Gasteiger partial charge in [0.25, 0.3) is 0 Å². The molecule has 1 aliphatic rings. The quantitative estimate of drug-likeness (QED) is 0.806. The minimum absolute atomic E-state index is 0.00531. The van der Waals surface area contributed by atoms with Crippen molar-refractivity contribution in [2.45, 2.75) is 52.2 Å². The molecule has 4 heteroatoms. The first-order valence-electron chi connectivity index (χ1n) is 7.59. The summed E-state index contributed by atoms with van der Waals surface area (Å²) in [5.41, 5.74) is 1.11. The summed E-state index contributed by atoms with van der Waals surface area (Å²) >= 11 is 0. The van der Waals surface area contributed by atoms with Gasteiger partial charge in [-0.1, -0.05) is 30.3 Å². The van der Waals surface area contributed by atoms with Crippen molar-refractivity contribution >= 4 is 11.8 Å². The summed E-state index contributed by atoms with van der Waals surface area (Å²) in [7, 11) is 0. The molecule has 1 aromatic rings. The van der Waals surface area contributed by atoms with E-state index < -0.39 is 0 Å². The second-order valence-corrected chi connectivity index (χ2v) is 5.98. The van der Waals surface area contributed by atoms with Crippen molar-refractivity contribution in [3.05, 3.63) is 35.9 Å². The molecule has 2 rings (SSSR count). The number of nitrogens with zero attached hydrogens (tertiary/aromatic N) is 2. The largest absolute Gasteiger partial charge is 0.334 e. The summed E-state index contributed by atoms with van der Waals surface area (Å²) in [6.45, 7) is 6.35. The summed E-state index contributed by atoms with van der Waals surface area (Å²) < 4.78 is 0. The molecule has 1 fully saturated rings. The molecule has 0 N–H and O–H groups in total. The molecule has 2 amide bonds. The van der Waals surface area contributed by atoms with Gasteiger partial charge in [-0.05, 0) is 32.3 Å². The van der Waals surface area contributed by atoms with Gasteiger partial charge in [-0.2, -0.15) is 0 Å². The molecule has 0 heterocycles. The monoisotopic (exact) mass is 288 g/mol. The van der Waals surface area contributed by atoms with Crippen molar-refractivity contribution in [3.8, 4) is 0 Å². The Bertz CT molecular complexity index is 495. The highest BCUT2D eigenvalue weighted by molar-refractivity contribution is 5.84. The second-order valence-electron chi connectivity index (χ2n) is 5.98. The standard InChI is InChI=1S/C17H24N2O2/c1-13(2)18(11-15-7-5-4-6-8-15)17(21)12-19(14(3)20)16-9-10-16/h4-8,13,16H,9-12H2,1-3H3. The predicted molar refractivity (Wildman–Crippen MR) is 82.5 cm³/mol. The number of carbonyl (C=O) groups excluding carboxylic acids is 2. The maximum atomic E-state index is 12.6. The van der Waals surface area contributed by atoms with Crippen LogP contribution < -0.4 is 0 Å². The molecule has 0 spiro atoms. The second kappa shape index (κ2) is 6.74. The molecule has 0 atom stereocenters. The van der Waals surface area contributed by atoms with Crippen molar-refractivity contribution < 1.29 is 9.59 Å². The fraction of sp³-hybridized carbons (Fsp3) is 0.529. The summed E-state index contributed by atoms with van der Waals surface area (Å²) in [6, 6.07) is 10.4. The number of rotatable bonds is 6. The van der Waals surface area contributed by atoms with Crippen LogP contribution in [0.2, 0.25) is 0 Å². The third-order valence-electron chi connectivity index (χ3n) is 3.84. The number of benzene rings is 1. The van der Waals surface area contributed by atoms with E-state index in [2.05, 4.69) is 0 Å². The van der Waals surface area contributed by atoms with Gasteiger partial charge >= 0.3 is 0 Å². The minimum atomic E-state index is -0.00531. The Morgan fingerprint density at radius 3 is 2.29 bits per heavy atom. The van der Waals surface area contributed by atoms with Crippen LogP contribution >= 0.6 is 0 Å². The first-order chi connectivity index (χ1) is 9.99. The van der Waals surface area contributed by atoms with E-state index in [1.54, 1.807) is 11.8 Å². The van der Waals surface area contributed by atoms with E-state index in [4.69, 9.17) is 0 Å². The molecule has 114 valence electrons. The van der Waals surface area contributed by atoms with Crippen molar-refractivity contribution in [1.82, 2.24) is 9.80 Å². The first kappa shape index (κ1) is 15.5. The average molecular weight is 288 g/mol. The molecule has 0 radical (unpaired) electrons. The van der Waals surface area contributed by atoms with E-state index in [9.17, 15) is 9.59 Å². The fourth-order valence-electron chi connectivity index (χ4n) is 2.46. The summed E-state index contributed by atoms with van der Waals surface area (Å²) in [6.07, 6.45) is 2.04. The smallest absolute Gasteiger partial charge is 0.242 e. The number of hydrogen-bond donors (Lipinski definition) is 0. The van der Waals surface area contributed by atoms with Gasteiger partial charge in [-0.25, -0.2) is 0 Å². The van der Waals surface area contributed by atoms with Gasteiger partial charge in [0.1, 0.15) is 6.54 Å². The Morgan fingerprint density at radius 1 is 1.19 bits per heavy atom. The maximum Gasteiger partial charge on any atom is 0.242 e. The van der Waals surface area contributed by atoms with Crippen LogP contribution in [-0.4, -0.2) is 40.2 Å². The number of carbonyl (C=O) groups is 2. The molecule has 4 nitrogen and oxygen atoms in total. The molecule has 0 saturated heterocycles. The molecular weight excluding hydrogens is 264 g/mol. The average Bonchev–Trinajstić information content (AvgIpc) is 3.26. The molecule has 1 aromatic carbocycles. The summed E-state index contributed by atoms with van der Waals surface area (Å²) in [4.78, 5) is 27.8. The highest BCUT2D eigenvalue weighted by Gasteiger charge is 2.33. The molecule has 1 aliphatic carbocycles. The minimum Gasteiger partial charge on any atom is -0.334 e. The van der Waals surface area contributed by atoms with Gasteiger partial charge in [0, 0.05) is 25.6 Å². The van der Waals surface area contributed by atoms with Gasteiger partial charge in [0.05, 0.1) is 0 Å². The van der Waals surface area contributed by atoms with Crippen LogP contribution in [0.15, 0.2) is 30.3 Å². The summed E-state index contributed by atoms with van der Waals surface area (Å²) in [5.74, 6) is 0.0187. The zero-order valence-electron chi connectivity index (χ0n) is 13.1. The Hall–Kier alpha value is -1.84. The third-order valence-corrected chi connectivity index (χ3v) is 3.84. The van der Waals surface area contributed by atoms with Gasteiger partial charge in [0.2, 0.25) is 11.8 Å². The van der Waals surface area contributed by atoms with Gasteiger partial charge in [0.15, 0.2) is 0 Å². The van der Waals surface area contributed by atoms with E-state index in [0.717, 1.165) is 18.4 Å². The molecule has 0 aliphatic heterocycles. The Morgan fingerprint density at radius 2 is 1.81 bits per heavy atom. The normalized spacial score (nSPS) is 14.1. The van der Waals surface area contributed by atoms with Crippen LogP contribution in [0.1, 0.15) is 39.2 Å². The Labute approximate surface area is 126 Å². The molecule has 0 bridgehead atoms. The SMILES string of the molecule is CC(=O)N(CC(=O)N(Cc1ccccc1)C(C)C)C1CC1. The van der Waals surface area contributed by atoms with E-state index in [1.807, 2.05) is 49.1 Å². The zero-order chi connectivity index (χ0) is 15.4.